The van der Waals surface area contributed by atoms with Gasteiger partial charge in [-0.25, -0.2) is 4.99 Å². The first-order chi connectivity index (χ1) is 8.61. The summed E-state index contributed by atoms with van der Waals surface area (Å²) in [6.07, 6.45) is 1.61. The summed E-state index contributed by atoms with van der Waals surface area (Å²) in [5.41, 5.74) is 4.44. The molecule has 18 heavy (non-hydrogen) atoms. The highest BCUT2D eigenvalue weighted by Gasteiger charge is 2.09. The maximum atomic E-state index is 5.31. The van der Waals surface area contributed by atoms with E-state index in [0.717, 1.165) is 16.8 Å². The van der Waals surface area contributed by atoms with Gasteiger partial charge in [-0.1, -0.05) is 17.7 Å². The Kier molecular flexibility index (Phi) is 3.51. The zero-order chi connectivity index (χ0) is 13.1. The van der Waals surface area contributed by atoms with Gasteiger partial charge < -0.3 is 9.15 Å². The Morgan fingerprint density at radius 1 is 1.17 bits per heavy atom. The zero-order valence-electron chi connectivity index (χ0n) is 11.2. The van der Waals surface area contributed by atoms with Crippen LogP contribution in [0.4, 0.5) is 5.69 Å². The van der Waals surface area contributed by atoms with Crippen molar-refractivity contribution in [3.05, 3.63) is 53.0 Å². The van der Waals surface area contributed by atoms with Crippen LogP contribution in [0, 0.1) is 20.8 Å². The first-order valence-corrected chi connectivity index (χ1v) is 5.86. The predicted octanol–water partition coefficient (Wildman–Crippen LogP) is 3.93. The fraction of sp³-hybridized carbons (Fsp3) is 0.267. The fourth-order valence-electron chi connectivity index (χ4n) is 2.05. The van der Waals surface area contributed by atoms with Crippen molar-refractivity contribution in [3.8, 4) is 0 Å². The minimum Gasteiger partial charge on any atom is -0.478 e. The topological polar surface area (TPSA) is 34.7 Å². The quantitative estimate of drug-likeness (QED) is 0.591. The number of furan rings is 1. The third kappa shape index (κ3) is 2.45. The number of hydrogen-bond donors (Lipinski definition) is 0. The summed E-state index contributed by atoms with van der Waals surface area (Å²) in [6.45, 7) is 6.18. The van der Waals surface area contributed by atoms with Gasteiger partial charge in [0, 0.05) is 0 Å². The van der Waals surface area contributed by atoms with Crippen LogP contribution >= 0.6 is 0 Å². The Morgan fingerprint density at radius 2 is 1.83 bits per heavy atom. The monoisotopic (exact) mass is 243 g/mol. The van der Waals surface area contributed by atoms with Crippen LogP contribution in [0.5, 0.6) is 0 Å². The highest BCUT2D eigenvalue weighted by atomic mass is 16.5. The van der Waals surface area contributed by atoms with Gasteiger partial charge >= 0.3 is 0 Å². The molecule has 0 N–H and O–H groups in total. The van der Waals surface area contributed by atoms with Gasteiger partial charge in [0.05, 0.1) is 19.1 Å². The van der Waals surface area contributed by atoms with E-state index < -0.39 is 0 Å². The van der Waals surface area contributed by atoms with Crippen LogP contribution in [-0.4, -0.2) is 13.0 Å². The summed E-state index contributed by atoms with van der Waals surface area (Å²) in [4.78, 5) is 4.56. The molecule has 1 aromatic carbocycles. The van der Waals surface area contributed by atoms with Crippen molar-refractivity contribution in [1.29, 1.82) is 0 Å². The van der Waals surface area contributed by atoms with Gasteiger partial charge in [-0.3, -0.25) is 0 Å². The van der Waals surface area contributed by atoms with Gasteiger partial charge in [0.2, 0.25) is 0 Å². The standard InChI is InChI=1S/C15H17NO2/c1-10-8-11(2)14(12(3)9-10)16-15(17-4)13-6-5-7-18-13/h5-9H,1-4H3. The molecule has 94 valence electrons. The third-order valence-electron chi connectivity index (χ3n) is 2.77. The van der Waals surface area contributed by atoms with Gasteiger partial charge in [0.1, 0.15) is 0 Å². The summed E-state index contributed by atoms with van der Waals surface area (Å²) >= 11 is 0. The van der Waals surface area contributed by atoms with Crippen molar-refractivity contribution in [2.75, 3.05) is 7.11 Å². The molecule has 1 heterocycles. The van der Waals surface area contributed by atoms with Crippen molar-refractivity contribution in [3.63, 3.8) is 0 Å². The molecule has 0 amide bonds. The lowest BCUT2D eigenvalue weighted by atomic mass is 10.1. The number of benzene rings is 1. The fourth-order valence-corrected chi connectivity index (χ4v) is 2.05. The molecule has 2 rings (SSSR count). The molecule has 3 nitrogen and oxygen atoms in total. The number of ether oxygens (including phenoxy) is 1. The Balaban J connectivity index is 2.49. The van der Waals surface area contributed by atoms with E-state index in [2.05, 4.69) is 24.0 Å². The minimum atomic E-state index is 0.495. The molecule has 0 atom stereocenters. The van der Waals surface area contributed by atoms with Gasteiger partial charge in [0.15, 0.2) is 5.76 Å². The first kappa shape index (κ1) is 12.4. The van der Waals surface area contributed by atoms with Crippen LogP contribution in [0.2, 0.25) is 0 Å². The van der Waals surface area contributed by atoms with Crippen molar-refractivity contribution in [1.82, 2.24) is 0 Å². The average molecular weight is 243 g/mol. The predicted molar refractivity (Wildman–Crippen MR) is 72.6 cm³/mol. The van der Waals surface area contributed by atoms with Gasteiger partial charge in [-0.15, -0.1) is 0 Å². The number of methoxy groups -OCH3 is 1. The second-order valence-electron chi connectivity index (χ2n) is 4.35. The molecule has 0 saturated heterocycles. The summed E-state index contributed by atoms with van der Waals surface area (Å²) in [6, 6.07) is 7.88. The van der Waals surface area contributed by atoms with Crippen molar-refractivity contribution < 1.29 is 9.15 Å². The van der Waals surface area contributed by atoms with E-state index >= 15 is 0 Å². The number of hydrogen-bond acceptors (Lipinski definition) is 3. The molecule has 2 aromatic rings. The molecule has 0 unspecified atom stereocenters. The number of aliphatic imine (C=N–C) groups is 1. The van der Waals surface area contributed by atoms with Crippen molar-refractivity contribution in [2.24, 2.45) is 4.99 Å². The number of rotatable bonds is 2. The van der Waals surface area contributed by atoms with E-state index in [1.807, 2.05) is 26.0 Å². The normalized spacial score (nSPS) is 11.7. The molecule has 0 radical (unpaired) electrons. The highest BCUT2D eigenvalue weighted by molar-refractivity contribution is 5.93. The Hall–Kier alpha value is -2.03. The minimum absolute atomic E-state index is 0.495. The van der Waals surface area contributed by atoms with Gasteiger partial charge in [-0.05, 0) is 44.0 Å². The molecule has 0 spiro atoms. The molecule has 0 saturated carbocycles. The van der Waals surface area contributed by atoms with E-state index in [0.29, 0.717) is 11.7 Å². The van der Waals surface area contributed by atoms with Crippen LogP contribution in [0.25, 0.3) is 0 Å². The molecule has 0 bridgehead atoms. The Morgan fingerprint density at radius 3 is 2.33 bits per heavy atom. The van der Waals surface area contributed by atoms with Crippen molar-refractivity contribution >= 4 is 11.6 Å². The summed E-state index contributed by atoms with van der Waals surface area (Å²) in [5.74, 6) is 1.13. The SMILES string of the molecule is COC(=Nc1c(C)cc(C)cc1C)c1ccco1. The summed E-state index contributed by atoms with van der Waals surface area (Å²) in [7, 11) is 1.60. The largest absolute Gasteiger partial charge is 0.478 e. The molecular weight excluding hydrogens is 226 g/mol. The second kappa shape index (κ2) is 5.08. The van der Waals surface area contributed by atoms with Crippen molar-refractivity contribution in [2.45, 2.75) is 20.8 Å². The van der Waals surface area contributed by atoms with Crippen LogP contribution in [0.3, 0.4) is 0 Å². The Bertz CT molecular complexity index is 545. The first-order valence-electron chi connectivity index (χ1n) is 5.86. The van der Waals surface area contributed by atoms with E-state index in [1.165, 1.54) is 5.56 Å². The van der Waals surface area contributed by atoms with E-state index in [-0.39, 0.29) is 0 Å². The molecule has 0 aliphatic carbocycles. The lowest BCUT2D eigenvalue weighted by Crippen LogP contribution is -2.02. The maximum Gasteiger partial charge on any atom is 0.257 e. The van der Waals surface area contributed by atoms with Crippen LogP contribution in [-0.2, 0) is 4.74 Å². The smallest absolute Gasteiger partial charge is 0.257 e. The molecule has 0 fully saturated rings. The lowest BCUT2D eigenvalue weighted by Gasteiger charge is -2.08. The highest BCUT2D eigenvalue weighted by Crippen LogP contribution is 2.26. The molecular formula is C15H17NO2. The maximum absolute atomic E-state index is 5.31. The van der Waals surface area contributed by atoms with Crippen LogP contribution < -0.4 is 0 Å². The molecule has 1 aromatic heterocycles. The third-order valence-corrected chi connectivity index (χ3v) is 2.77. The Labute approximate surface area is 107 Å². The number of aryl methyl sites for hydroxylation is 3. The second-order valence-corrected chi connectivity index (χ2v) is 4.35. The van der Waals surface area contributed by atoms with Crippen LogP contribution in [0.15, 0.2) is 39.9 Å². The molecule has 0 aliphatic rings. The lowest BCUT2D eigenvalue weighted by molar-refractivity contribution is 0.388. The van der Waals surface area contributed by atoms with E-state index in [4.69, 9.17) is 9.15 Å². The molecule has 3 heteroatoms. The van der Waals surface area contributed by atoms with E-state index in [9.17, 15) is 0 Å². The average Bonchev–Trinajstić information content (AvgIpc) is 2.81. The summed E-state index contributed by atoms with van der Waals surface area (Å²) < 4.78 is 10.6. The molecule has 0 aliphatic heterocycles. The van der Waals surface area contributed by atoms with Gasteiger partial charge in [-0.2, -0.15) is 0 Å². The van der Waals surface area contributed by atoms with E-state index in [1.54, 1.807) is 13.4 Å². The zero-order valence-corrected chi connectivity index (χ0v) is 11.2. The summed E-state index contributed by atoms with van der Waals surface area (Å²) in [5, 5.41) is 0. The van der Waals surface area contributed by atoms with Crippen LogP contribution in [0.1, 0.15) is 22.5 Å². The number of nitrogens with zero attached hydrogens (tertiary/aromatic N) is 1. The van der Waals surface area contributed by atoms with Gasteiger partial charge in [0.25, 0.3) is 5.90 Å².